The van der Waals surface area contributed by atoms with Gasteiger partial charge in [0.15, 0.2) is 0 Å². The van der Waals surface area contributed by atoms with Gasteiger partial charge in [-0.25, -0.2) is 12.8 Å². The van der Waals surface area contributed by atoms with Gasteiger partial charge in [0, 0.05) is 18.4 Å². The molecule has 1 saturated heterocycles. The summed E-state index contributed by atoms with van der Waals surface area (Å²) in [5.41, 5.74) is -1.85. The first-order valence-electron chi connectivity index (χ1n) is 8.29. The molecule has 0 spiro atoms. The number of alkyl halides is 4. The van der Waals surface area contributed by atoms with Crippen LogP contribution >= 0.6 is 0 Å². The lowest BCUT2D eigenvalue weighted by molar-refractivity contribution is -0.137. The first-order chi connectivity index (χ1) is 12.0. The van der Waals surface area contributed by atoms with E-state index >= 15 is 0 Å². The van der Waals surface area contributed by atoms with Gasteiger partial charge in [0.05, 0.1) is 27.6 Å². The predicted octanol–water partition coefficient (Wildman–Crippen LogP) is 3.48. The van der Waals surface area contributed by atoms with Crippen molar-refractivity contribution < 1.29 is 26.0 Å². The van der Waals surface area contributed by atoms with E-state index in [0.717, 1.165) is 10.4 Å². The topological polar surface area (TPSA) is 61.2 Å². The summed E-state index contributed by atoms with van der Waals surface area (Å²) in [6.45, 7) is 1.58. The van der Waals surface area contributed by atoms with E-state index in [1.54, 1.807) is 0 Å². The molecule has 2 aliphatic carbocycles. The number of nitrogens with zero attached hydrogens (tertiary/aromatic N) is 2. The number of halogens is 4. The third kappa shape index (κ3) is 2.02. The van der Waals surface area contributed by atoms with Gasteiger partial charge in [0.1, 0.15) is 6.17 Å². The average Bonchev–Trinajstić information content (AvgIpc) is 3.13. The van der Waals surface area contributed by atoms with Gasteiger partial charge in [0.25, 0.3) is 0 Å². The standard InChI is InChI=1S/C17H16F4N2O2S/c1-16-13-4-10(5-15(13)18)14(16)8-23(26(16,24)25)11-3-2-9(7-22)12(6-11)17(19,20)21/h2-3,6,10,13-15H,4-5,8H2,1H3/t10-,13+,14+,15+,16-/m1/s1. The first-order valence-corrected chi connectivity index (χ1v) is 9.73. The molecular weight excluding hydrogens is 372 g/mol. The number of rotatable bonds is 1. The van der Waals surface area contributed by atoms with E-state index in [-0.39, 0.29) is 24.1 Å². The summed E-state index contributed by atoms with van der Waals surface area (Å²) in [5, 5.41) is 8.90. The van der Waals surface area contributed by atoms with E-state index in [4.69, 9.17) is 5.26 Å². The normalized spacial score (nSPS) is 37.6. The Morgan fingerprint density at radius 1 is 1.27 bits per heavy atom. The maximum Gasteiger partial charge on any atom is 0.417 e. The summed E-state index contributed by atoms with van der Waals surface area (Å²) in [6, 6.07) is 4.38. The molecule has 1 aliphatic heterocycles. The Balaban J connectivity index is 1.81. The van der Waals surface area contributed by atoms with Crippen LogP contribution in [0, 0.1) is 29.1 Å². The summed E-state index contributed by atoms with van der Waals surface area (Å²) in [7, 11) is -4.02. The molecule has 140 valence electrons. The molecule has 2 bridgehead atoms. The van der Waals surface area contributed by atoms with Crippen molar-refractivity contribution in [2.24, 2.45) is 17.8 Å². The number of hydrogen-bond donors (Lipinski definition) is 0. The first kappa shape index (κ1) is 17.6. The molecule has 4 nitrogen and oxygen atoms in total. The summed E-state index contributed by atoms with van der Waals surface area (Å²) in [5.74, 6) is -0.984. The van der Waals surface area contributed by atoms with Gasteiger partial charge >= 0.3 is 6.18 Å². The fourth-order valence-corrected chi connectivity index (χ4v) is 7.68. The Morgan fingerprint density at radius 3 is 2.58 bits per heavy atom. The highest BCUT2D eigenvalue weighted by Crippen LogP contribution is 2.63. The van der Waals surface area contributed by atoms with Gasteiger partial charge in [-0.3, -0.25) is 4.31 Å². The van der Waals surface area contributed by atoms with Crippen LogP contribution in [0.4, 0.5) is 23.2 Å². The zero-order valence-corrected chi connectivity index (χ0v) is 14.6. The minimum absolute atomic E-state index is 0.0515. The highest BCUT2D eigenvalue weighted by Gasteiger charge is 2.71. The largest absolute Gasteiger partial charge is 0.417 e. The second-order valence-corrected chi connectivity index (χ2v) is 9.79. The van der Waals surface area contributed by atoms with Crippen LogP contribution in [0.2, 0.25) is 0 Å². The average molecular weight is 388 g/mol. The van der Waals surface area contributed by atoms with E-state index < -0.39 is 44.2 Å². The van der Waals surface area contributed by atoms with Crippen molar-refractivity contribution in [3.05, 3.63) is 29.3 Å². The molecule has 26 heavy (non-hydrogen) atoms. The molecule has 0 aromatic heterocycles. The number of sulfonamides is 1. The van der Waals surface area contributed by atoms with Gasteiger partial charge in [0.2, 0.25) is 10.0 Å². The van der Waals surface area contributed by atoms with Crippen molar-refractivity contribution in [3.63, 3.8) is 0 Å². The van der Waals surface area contributed by atoms with Crippen LogP contribution in [0.25, 0.3) is 0 Å². The lowest BCUT2D eigenvalue weighted by atomic mass is 9.79. The van der Waals surface area contributed by atoms with Crippen LogP contribution in [0.5, 0.6) is 0 Å². The van der Waals surface area contributed by atoms with Crippen LogP contribution in [0.3, 0.4) is 0 Å². The number of anilines is 1. The van der Waals surface area contributed by atoms with E-state index in [1.807, 2.05) is 0 Å². The molecule has 5 atom stereocenters. The Hall–Kier alpha value is -1.82. The van der Waals surface area contributed by atoms with Gasteiger partial charge < -0.3 is 0 Å². The summed E-state index contributed by atoms with van der Waals surface area (Å²) in [6.07, 6.45) is -5.14. The van der Waals surface area contributed by atoms with Crippen molar-refractivity contribution in [3.8, 4) is 6.07 Å². The summed E-state index contributed by atoms with van der Waals surface area (Å²) < 4.78 is 79.9. The Bertz CT molecular complexity index is 924. The molecule has 0 N–H and O–H groups in total. The van der Waals surface area contributed by atoms with E-state index in [1.165, 1.54) is 19.1 Å². The molecule has 3 fully saturated rings. The maximum atomic E-state index is 14.2. The fourth-order valence-electron chi connectivity index (χ4n) is 5.18. The monoisotopic (exact) mass is 388 g/mol. The zero-order chi connectivity index (χ0) is 19.1. The minimum atomic E-state index is -4.77. The van der Waals surface area contributed by atoms with Crippen molar-refractivity contribution in [1.82, 2.24) is 0 Å². The SMILES string of the molecule is C[C@@]12[C@@H](CN(c3ccc(C#N)c(C(F)(F)F)c3)S1(=O)=O)[C@H]1C[C@H](F)[C@@H]2C1. The highest BCUT2D eigenvalue weighted by atomic mass is 32.2. The van der Waals surface area contributed by atoms with Crippen LogP contribution in [-0.4, -0.2) is 25.9 Å². The van der Waals surface area contributed by atoms with Crippen molar-refractivity contribution in [1.29, 1.82) is 5.26 Å². The number of benzene rings is 1. The summed E-state index contributed by atoms with van der Waals surface area (Å²) in [4.78, 5) is 0. The van der Waals surface area contributed by atoms with Crippen LogP contribution in [-0.2, 0) is 16.2 Å². The molecule has 3 aliphatic rings. The quantitative estimate of drug-likeness (QED) is 0.692. The molecule has 0 radical (unpaired) electrons. The molecule has 2 saturated carbocycles. The Labute approximate surface area is 148 Å². The van der Waals surface area contributed by atoms with Crippen LogP contribution in [0.1, 0.15) is 30.9 Å². The molecule has 1 aromatic carbocycles. The number of nitriles is 1. The number of hydrogen-bond acceptors (Lipinski definition) is 3. The van der Waals surface area contributed by atoms with Gasteiger partial charge in [-0.15, -0.1) is 0 Å². The van der Waals surface area contributed by atoms with Gasteiger partial charge in [-0.05, 0) is 43.9 Å². The molecular formula is C17H16F4N2O2S. The number of fused-ring (bicyclic) bond motifs is 5. The van der Waals surface area contributed by atoms with Crippen LogP contribution < -0.4 is 4.31 Å². The van der Waals surface area contributed by atoms with Crippen molar-refractivity contribution in [2.45, 2.75) is 36.9 Å². The smallest absolute Gasteiger partial charge is 0.269 e. The minimum Gasteiger partial charge on any atom is -0.269 e. The predicted molar refractivity (Wildman–Crippen MR) is 85.4 cm³/mol. The lowest BCUT2D eigenvalue weighted by Crippen LogP contribution is -2.48. The highest BCUT2D eigenvalue weighted by molar-refractivity contribution is 7.94. The summed E-state index contributed by atoms with van der Waals surface area (Å²) >= 11 is 0. The van der Waals surface area contributed by atoms with E-state index in [9.17, 15) is 26.0 Å². The third-order valence-electron chi connectivity index (χ3n) is 6.49. The Morgan fingerprint density at radius 2 is 1.96 bits per heavy atom. The molecule has 0 amide bonds. The second kappa shape index (κ2) is 5.12. The van der Waals surface area contributed by atoms with E-state index in [2.05, 4.69) is 0 Å². The molecule has 0 unspecified atom stereocenters. The fraction of sp³-hybridized carbons (Fsp3) is 0.588. The molecule has 1 aromatic rings. The Kier molecular flexibility index (Phi) is 3.47. The third-order valence-corrected chi connectivity index (χ3v) is 9.15. The van der Waals surface area contributed by atoms with E-state index in [0.29, 0.717) is 18.9 Å². The van der Waals surface area contributed by atoms with Crippen molar-refractivity contribution >= 4 is 15.7 Å². The van der Waals surface area contributed by atoms with Crippen LogP contribution in [0.15, 0.2) is 18.2 Å². The van der Waals surface area contributed by atoms with Crippen molar-refractivity contribution in [2.75, 3.05) is 10.8 Å². The lowest BCUT2D eigenvalue weighted by Gasteiger charge is -2.35. The zero-order valence-electron chi connectivity index (χ0n) is 13.8. The maximum absolute atomic E-state index is 14.2. The second-order valence-electron chi connectivity index (χ2n) is 7.52. The van der Waals surface area contributed by atoms with Gasteiger partial charge in [-0.2, -0.15) is 18.4 Å². The molecule has 1 heterocycles. The molecule has 9 heteroatoms. The molecule has 4 rings (SSSR count). The van der Waals surface area contributed by atoms with Gasteiger partial charge in [-0.1, -0.05) is 0 Å².